The first-order valence-corrected chi connectivity index (χ1v) is 7.01. The molecular weight excluding hydrogens is 284 g/mol. The van der Waals surface area contributed by atoms with Crippen LogP contribution >= 0.6 is 0 Å². The number of aromatic hydroxyl groups is 1. The molecule has 1 fully saturated rings. The second-order valence-electron chi connectivity index (χ2n) is 5.20. The normalized spacial score (nSPS) is 13.6. The Morgan fingerprint density at radius 1 is 1.27 bits per heavy atom. The summed E-state index contributed by atoms with van der Waals surface area (Å²) in [6.07, 6.45) is 2.17. The van der Waals surface area contributed by atoms with Gasteiger partial charge in [0.1, 0.15) is 18.1 Å². The molecule has 0 radical (unpaired) electrons. The van der Waals surface area contributed by atoms with Gasteiger partial charge in [0.25, 0.3) is 0 Å². The Morgan fingerprint density at radius 2 is 2.09 bits per heavy atom. The zero-order valence-corrected chi connectivity index (χ0v) is 11.8. The van der Waals surface area contributed by atoms with Crippen molar-refractivity contribution in [1.82, 2.24) is 9.97 Å². The average molecular weight is 300 g/mol. The molecule has 0 aliphatic heterocycles. The predicted molar refractivity (Wildman–Crippen MR) is 81.5 cm³/mol. The third-order valence-electron chi connectivity index (χ3n) is 3.26. The maximum absolute atomic E-state index is 10.7. The molecule has 0 spiro atoms. The van der Waals surface area contributed by atoms with Crippen LogP contribution in [0.4, 0.5) is 17.5 Å². The molecule has 1 heterocycles. The Hall–Kier alpha value is -2.83. The Balaban J connectivity index is 1.83. The highest BCUT2D eigenvalue weighted by molar-refractivity contribution is 5.72. The molecule has 0 atom stereocenters. The largest absolute Gasteiger partial charge is 0.508 e. The van der Waals surface area contributed by atoms with Crippen LogP contribution in [-0.4, -0.2) is 32.7 Å². The number of benzene rings is 1. The number of nitrogens with zero attached hydrogens (tertiary/aromatic N) is 2. The predicted octanol–water partition coefficient (Wildman–Crippen LogP) is 2.30. The van der Waals surface area contributed by atoms with Gasteiger partial charge in [-0.15, -0.1) is 0 Å². The lowest BCUT2D eigenvalue weighted by atomic mass is 10.2. The van der Waals surface area contributed by atoms with Crippen molar-refractivity contribution >= 4 is 23.4 Å². The first kappa shape index (κ1) is 14.1. The number of hydrogen-bond acceptors (Lipinski definition) is 6. The maximum Gasteiger partial charge on any atom is 0.322 e. The number of carboxylic acid groups (broad SMARTS) is 1. The number of hydrogen-bond donors (Lipinski definition) is 4. The van der Waals surface area contributed by atoms with E-state index in [2.05, 4.69) is 20.6 Å². The van der Waals surface area contributed by atoms with Crippen molar-refractivity contribution in [3.05, 3.63) is 36.0 Å². The van der Waals surface area contributed by atoms with Crippen LogP contribution in [0.3, 0.4) is 0 Å². The summed E-state index contributed by atoms with van der Waals surface area (Å²) in [5.41, 5.74) is 1.59. The lowest BCUT2D eigenvalue weighted by molar-refractivity contribution is -0.134. The van der Waals surface area contributed by atoms with E-state index in [4.69, 9.17) is 5.11 Å². The Labute approximate surface area is 127 Å². The number of phenolic OH excluding ortho intramolecular Hbond substituents is 1. The molecule has 1 aliphatic carbocycles. The zero-order chi connectivity index (χ0) is 15.5. The second kappa shape index (κ2) is 5.88. The average Bonchev–Trinajstić information content (AvgIpc) is 3.29. The molecule has 1 aromatic heterocycles. The summed E-state index contributed by atoms with van der Waals surface area (Å²) in [4.78, 5) is 19.3. The molecule has 0 saturated heterocycles. The van der Waals surface area contributed by atoms with Crippen molar-refractivity contribution in [1.29, 1.82) is 0 Å². The van der Waals surface area contributed by atoms with Gasteiger partial charge in [-0.1, -0.05) is 6.07 Å². The minimum Gasteiger partial charge on any atom is -0.508 e. The third-order valence-corrected chi connectivity index (χ3v) is 3.26. The smallest absolute Gasteiger partial charge is 0.322 e. The van der Waals surface area contributed by atoms with E-state index in [9.17, 15) is 9.90 Å². The standard InChI is InChI=1S/C15H16N4O3/c20-11-3-1-2-10(6-11)17-13-7-12(9-4-5-9)18-15(19-13)16-8-14(21)22/h1-3,6-7,9,20H,4-5,8H2,(H,21,22)(H2,16,17,18,19). The summed E-state index contributed by atoms with van der Waals surface area (Å²) in [5, 5.41) is 24.0. The molecule has 114 valence electrons. The minimum atomic E-state index is -0.970. The molecule has 1 aromatic carbocycles. The quantitative estimate of drug-likeness (QED) is 0.648. The molecule has 0 amide bonds. The fourth-order valence-corrected chi connectivity index (χ4v) is 2.08. The summed E-state index contributed by atoms with van der Waals surface area (Å²) < 4.78 is 0. The van der Waals surface area contributed by atoms with Crippen molar-refractivity contribution in [2.45, 2.75) is 18.8 Å². The van der Waals surface area contributed by atoms with Crippen molar-refractivity contribution in [3.8, 4) is 5.75 Å². The lowest BCUT2D eigenvalue weighted by Gasteiger charge is -2.10. The SMILES string of the molecule is O=C(O)CNc1nc(Nc2cccc(O)c2)cc(C2CC2)n1. The van der Waals surface area contributed by atoms with Crippen molar-refractivity contribution in [3.63, 3.8) is 0 Å². The molecule has 4 N–H and O–H groups in total. The molecule has 0 unspecified atom stereocenters. The number of carbonyl (C=O) groups is 1. The van der Waals surface area contributed by atoms with E-state index >= 15 is 0 Å². The highest BCUT2D eigenvalue weighted by Crippen LogP contribution is 2.40. The van der Waals surface area contributed by atoms with Gasteiger partial charge in [-0.3, -0.25) is 4.79 Å². The first-order chi connectivity index (χ1) is 10.6. The number of rotatable bonds is 6. The van der Waals surface area contributed by atoms with Crippen LogP contribution in [0.15, 0.2) is 30.3 Å². The summed E-state index contributed by atoms with van der Waals surface area (Å²) in [7, 11) is 0. The Kier molecular flexibility index (Phi) is 3.78. The van der Waals surface area contributed by atoms with Gasteiger partial charge in [0.2, 0.25) is 5.95 Å². The van der Waals surface area contributed by atoms with Gasteiger partial charge < -0.3 is 20.8 Å². The molecule has 7 nitrogen and oxygen atoms in total. The number of nitrogens with one attached hydrogen (secondary N) is 2. The van der Waals surface area contributed by atoms with Gasteiger partial charge in [-0.25, -0.2) is 4.98 Å². The number of aliphatic carboxylic acids is 1. The third kappa shape index (κ3) is 3.63. The van der Waals surface area contributed by atoms with Gasteiger partial charge in [0.05, 0.1) is 5.69 Å². The van der Waals surface area contributed by atoms with Crippen LogP contribution in [0.2, 0.25) is 0 Å². The summed E-state index contributed by atoms with van der Waals surface area (Å²) in [6.45, 7) is -0.236. The molecule has 2 aromatic rings. The van der Waals surface area contributed by atoms with Crippen LogP contribution in [0.25, 0.3) is 0 Å². The van der Waals surface area contributed by atoms with Gasteiger partial charge in [-0.05, 0) is 25.0 Å². The fourth-order valence-electron chi connectivity index (χ4n) is 2.08. The maximum atomic E-state index is 10.7. The van der Waals surface area contributed by atoms with E-state index < -0.39 is 5.97 Å². The fraction of sp³-hybridized carbons (Fsp3) is 0.267. The number of anilines is 3. The highest BCUT2D eigenvalue weighted by Gasteiger charge is 2.26. The number of carboxylic acids is 1. The van der Waals surface area contributed by atoms with Crippen LogP contribution in [-0.2, 0) is 4.79 Å². The summed E-state index contributed by atoms with van der Waals surface area (Å²) in [5.74, 6) is 0.455. The van der Waals surface area contributed by atoms with Crippen molar-refractivity contribution in [2.24, 2.45) is 0 Å². The van der Waals surface area contributed by atoms with Gasteiger partial charge >= 0.3 is 5.97 Å². The zero-order valence-electron chi connectivity index (χ0n) is 11.8. The number of aromatic nitrogens is 2. The molecule has 7 heteroatoms. The van der Waals surface area contributed by atoms with Gasteiger partial charge in [-0.2, -0.15) is 4.98 Å². The summed E-state index contributed by atoms with van der Waals surface area (Å²) in [6, 6.07) is 8.56. The van der Waals surface area contributed by atoms with Gasteiger partial charge in [0, 0.05) is 23.7 Å². The van der Waals surface area contributed by atoms with Crippen LogP contribution in [0.1, 0.15) is 24.5 Å². The van der Waals surface area contributed by atoms with Crippen molar-refractivity contribution in [2.75, 3.05) is 17.2 Å². The second-order valence-corrected chi connectivity index (χ2v) is 5.20. The molecule has 0 bridgehead atoms. The highest BCUT2D eigenvalue weighted by atomic mass is 16.4. The molecule has 1 saturated carbocycles. The molecule has 22 heavy (non-hydrogen) atoms. The van der Waals surface area contributed by atoms with Crippen LogP contribution in [0.5, 0.6) is 5.75 Å². The topological polar surface area (TPSA) is 107 Å². The van der Waals surface area contributed by atoms with E-state index in [0.29, 0.717) is 17.4 Å². The Morgan fingerprint density at radius 3 is 2.77 bits per heavy atom. The van der Waals surface area contributed by atoms with E-state index in [1.807, 2.05) is 12.1 Å². The van der Waals surface area contributed by atoms with Crippen molar-refractivity contribution < 1.29 is 15.0 Å². The Bertz CT molecular complexity index is 701. The lowest BCUT2D eigenvalue weighted by Crippen LogP contribution is -2.15. The molecular formula is C15H16N4O3. The molecule has 1 aliphatic rings. The van der Waals surface area contributed by atoms with Crippen LogP contribution in [0, 0.1) is 0 Å². The molecule has 3 rings (SSSR count). The minimum absolute atomic E-state index is 0.158. The van der Waals surface area contributed by atoms with Gasteiger partial charge in [0.15, 0.2) is 0 Å². The van der Waals surface area contributed by atoms with Crippen LogP contribution < -0.4 is 10.6 Å². The van der Waals surface area contributed by atoms with E-state index in [1.165, 1.54) is 0 Å². The monoisotopic (exact) mass is 300 g/mol. The van der Waals surface area contributed by atoms with E-state index in [1.54, 1.807) is 18.2 Å². The van der Waals surface area contributed by atoms with E-state index in [0.717, 1.165) is 18.5 Å². The van der Waals surface area contributed by atoms with E-state index in [-0.39, 0.29) is 18.2 Å². The first-order valence-electron chi connectivity index (χ1n) is 7.01. The number of phenols is 1. The summed E-state index contributed by atoms with van der Waals surface area (Å²) >= 11 is 0.